The highest BCUT2D eigenvalue weighted by Crippen LogP contribution is 2.45. The molecule has 1 aliphatic rings. The fourth-order valence-corrected chi connectivity index (χ4v) is 7.62. The van der Waals surface area contributed by atoms with Crippen LogP contribution in [0, 0.1) is 18.3 Å². The van der Waals surface area contributed by atoms with Crippen LogP contribution in [0.1, 0.15) is 35.6 Å². The van der Waals surface area contributed by atoms with Crippen molar-refractivity contribution in [1.29, 1.82) is 5.26 Å². The van der Waals surface area contributed by atoms with Crippen molar-refractivity contribution in [3.8, 4) is 6.07 Å². The Morgan fingerprint density at radius 2 is 1.84 bits per heavy atom. The number of aryl methyl sites for hydroxylation is 2. The summed E-state index contributed by atoms with van der Waals surface area (Å²) in [6, 6.07) is 3.99. The maximum atomic E-state index is 13.8. The van der Waals surface area contributed by atoms with E-state index in [0.717, 1.165) is 16.8 Å². The van der Waals surface area contributed by atoms with Gasteiger partial charge in [-0.1, -0.05) is 0 Å². The molecule has 1 saturated heterocycles. The molecule has 0 unspecified atom stereocenters. The molecule has 31 heavy (non-hydrogen) atoms. The highest BCUT2D eigenvalue weighted by molar-refractivity contribution is 7.89. The zero-order valence-electron chi connectivity index (χ0n) is 18.7. The van der Waals surface area contributed by atoms with Gasteiger partial charge in [-0.3, -0.25) is 4.68 Å². The van der Waals surface area contributed by atoms with Gasteiger partial charge >= 0.3 is 0 Å². The van der Waals surface area contributed by atoms with Crippen molar-refractivity contribution in [1.82, 2.24) is 28.7 Å². The van der Waals surface area contributed by atoms with E-state index in [0.29, 0.717) is 12.8 Å². The summed E-state index contributed by atoms with van der Waals surface area (Å²) >= 11 is 0. The molecule has 1 fully saturated rings. The van der Waals surface area contributed by atoms with E-state index in [-0.39, 0.29) is 16.5 Å². The fourth-order valence-electron chi connectivity index (χ4n) is 5.37. The Morgan fingerprint density at radius 1 is 1.19 bits per heavy atom. The minimum absolute atomic E-state index is 0.0428. The average molecular weight is 433 g/mol. The molecule has 3 aromatic rings. The summed E-state index contributed by atoms with van der Waals surface area (Å²) in [5.74, 6) is 0.148. The second-order valence-corrected chi connectivity index (χ2v) is 11.3. The number of hydrogen-bond acceptors (Lipinski definition) is 6. The van der Waals surface area contributed by atoms with Crippen LogP contribution in [0.3, 0.4) is 0 Å². The number of pyridine rings is 1. The first-order valence-corrected chi connectivity index (χ1v) is 11.6. The van der Waals surface area contributed by atoms with Gasteiger partial charge in [-0.25, -0.2) is 22.2 Å². The molecule has 156 valence electrons. The first-order valence-electron chi connectivity index (χ1n) is 10.2. The molecule has 4 heterocycles. The average Bonchev–Trinajstić information content (AvgIpc) is 3.24. The second kappa shape index (κ2) is 7.00. The smallest absolute Gasteiger partial charge is 0.245 e. The van der Waals surface area contributed by atoms with E-state index >= 15 is 0 Å². The predicted octanol–water partition coefficient (Wildman–Crippen LogP) is -2.95. The quantitative estimate of drug-likeness (QED) is 0.409. The highest BCUT2D eigenvalue weighted by Gasteiger charge is 2.52. The number of nitriles is 1. The Bertz CT molecular complexity index is 1310. The molecule has 0 saturated carbocycles. The third-order valence-corrected chi connectivity index (χ3v) is 8.55. The van der Waals surface area contributed by atoms with E-state index in [1.165, 1.54) is 17.2 Å². The maximum Gasteiger partial charge on any atom is 0.245 e. The summed E-state index contributed by atoms with van der Waals surface area (Å²) in [5.41, 5.74) is 3.10. The van der Waals surface area contributed by atoms with Crippen LogP contribution in [0.2, 0.25) is 0 Å². The maximum absolute atomic E-state index is 13.8. The highest BCUT2D eigenvalue weighted by atomic mass is 32.2. The molecule has 0 spiro atoms. The summed E-state index contributed by atoms with van der Waals surface area (Å²) in [4.78, 5) is 4.21. The van der Waals surface area contributed by atoms with Gasteiger partial charge < -0.3 is 0 Å². The van der Waals surface area contributed by atoms with Crippen molar-refractivity contribution < 1.29 is 8.42 Å². The molecule has 0 radical (unpaired) electrons. The zero-order valence-corrected chi connectivity index (χ0v) is 19.5. The molecule has 3 aromatic heterocycles. The minimum atomic E-state index is -3.94. The van der Waals surface area contributed by atoms with Gasteiger partial charge in [-0.15, -0.1) is 0 Å². The van der Waals surface area contributed by atoms with Crippen molar-refractivity contribution >= 4 is 47.1 Å². The van der Waals surface area contributed by atoms with Gasteiger partial charge in [0.1, 0.15) is 48.7 Å². The van der Waals surface area contributed by atoms with E-state index in [9.17, 15) is 13.7 Å². The standard InChI is InChI=1S/C17H23B4N7O2S/c1-10-3-15-23-9-25-27(15)8-12(10)11-4-16(18,19)28(17(20,21)5-11)31(29,30)14-7-24-26(2)13(14)6-22/h3,7-9,11H,4-5,18-21H2,1-2H3. The van der Waals surface area contributed by atoms with Crippen LogP contribution in [0.5, 0.6) is 0 Å². The first kappa shape index (κ1) is 21.7. The zero-order chi connectivity index (χ0) is 22.8. The van der Waals surface area contributed by atoms with Gasteiger partial charge in [0.05, 0.1) is 6.20 Å². The second-order valence-electron chi connectivity index (χ2n) is 9.57. The normalized spacial score (nSPS) is 19.4. The third-order valence-electron chi connectivity index (χ3n) is 6.22. The summed E-state index contributed by atoms with van der Waals surface area (Å²) in [6.07, 6.45) is 6.09. The molecule has 0 atom stereocenters. The van der Waals surface area contributed by atoms with Crippen LogP contribution >= 0.6 is 0 Å². The lowest BCUT2D eigenvalue weighted by Crippen LogP contribution is -2.68. The molecule has 1 aliphatic heterocycles. The van der Waals surface area contributed by atoms with Gasteiger partial charge in [0.25, 0.3) is 0 Å². The monoisotopic (exact) mass is 433 g/mol. The molecule has 0 aromatic carbocycles. The topological polar surface area (TPSA) is 109 Å². The predicted molar refractivity (Wildman–Crippen MR) is 126 cm³/mol. The van der Waals surface area contributed by atoms with Gasteiger partial charge in [0.15, 0.2) is 11.3 Å². The van der Waals surface area contributed by atoms with Crippen molar-refractivity contribution in [2.45, 2.75) is 41.3 Å². The molecule has 0 aliphatic carbocycles. The molecular formula is C17H23B4N7O2S. The van der Waals surface area contributed by atoms with Crippen LogP contribution in [0.4, 0.5) is 0 Å². The number of rotatable bonds is 3. The molecule has 9 nitrogen and oxygen atoms in total. The van der Waals surface area contributed by atoms with Gasteiger partial charge in [0, 0.05) is 13.2 Å². The van der Waals surface area contributed by atoms with Crippen molar-refractivity contribution in [3.05, 3.63) is 41.6 Å². The summed E-state index contributed by atoms with van der Waals surface area (Å²) in [5, 5.41) is 16.4. The van der Waals surface area contributed by atoms with E-state index < -0.39 is 20.7 Å². The van der Waals surface area contributed by atoms with Gasteiger partial charge in [-0.2, -0.15) is 15.5 Å². The lowest BCUT2D eigenvalue weighted by molar-refractivity contribution is 0.208. The molecule has 14 heteroatoms. The molecule has 0 bridgehead atoms. The number of hydrogen-bond donors (Lipinski definition) is 0. The number of piperidine rings is 1. The van der Waals surface area contributed by atoms with E-state index in [4.69, 9.17) is 0 Å². The third kappa shape index (κ3) is 3.40. The Hall–Kier alpha value is -2.51. The van der Waals surface area contributed by atoms with Crippen LogP contribution in [0.15, 0.2) is 29.7 Å². The largest absolute Gasteiger partial charge is 0.257 e. The Kier molecular flexibility index (Phi) is 4.90. The molecule has 0 amide bonds. The van der Waals surface area contributed by atoms with E-state index in [1.54, 1.807) is 15.9 Å². The van der Waals surface area contributed by atoms with E-state index in [2.05, 4.69) is 22.1 Å². The summed E-state index contributed by atoms with van der Waals surface area (Å²) in [7, 11) is 5.43. The van der Waals surface area contributed by atoms with Crippen LogP contribution in [0.25, 0.3) is 5.65 Å². The first-order chi connectivity index (χ1) is 14.4. The van der Waals surface area contributed by atoms with Gasteiger partial charge in [-0.05, 0) is 53.6 Å². The van der Waals surface area contributed by atoms with Crippen LogP contribution in [-0.4, -0.2) is 79.2 Å². The van der Waals surface area contributed by atoms with Crippen molar-refractivity contribution in [2.75, 3.05) is 0 Å². The molecule has 0 N–H and O–H groups in total. The lowest BCUT2D eigenvalue weighted by atomic mass is 9.46. The number of sulfonamides is 1. The van der Waals surface area contributed by atoms with Crippen LogP contribution in [-0.2, 0) is 17.1 Å². The number of aromatic nitrogens is 5. The summed E-state index contributed by atoms with van der Waals surface area (Å²) in [6.45, 7) is 2.06. The Labute approximate surface area is 185 Å². The van der Waals surface area contributed by atoms with E-state index in [1.807, 2.05) is 49.7 Å². The minimum Gasteiger partial charge on any atom is -0.257 e. The van der Waals surface area contributed by atoms with Crippen LogP contribution < -0.4 is 0 Å². The van der Waals surface area contributed by atoms with Crippen molar-refractivity contribution in [3.63, 3.8) is 0 Å². The molecular weight excluding hydrogens is 410 g/mol. The Morgan fingerprint density at radius 3 is 2.45 bits per heavy atom. The number of nitrogens with zero attached hydrogens (tertiary/aromatic N) is 7. The summed E-state index contributed by atoms with van der Waals surface area (Å²) < 4.78 is 32.2. The van der Waals surface area contributed by atoms with Crippen molar-refractivity contribution in [2.24, 2.45) is 7.05 Å². The Balaban J connectivity index is 1.78. The SMILES string of the molecule is BC1(B)CC(c2cn3ncnc3cc2C)CC(B)(B)N1S(=O)(=O)c1cnn(C)c1C#N. The number of fused-ring (bicyclic) bond motifs is 1. The fraction of sp³-hybridized carbons (Fsp3) is 0.412. The molecule has 4 rings (SSSR count). The van der Waals surface area contributed by atoms with Gasteiger partial charge in [0.2, 0.25) is 10.0 Å². The lowest BCUT2D eigenvalue weighted by Gasteiger charge is -2.55.